The third-order valence-corrected chi connectivity index (χ3v) is 5.20. The number of thiophene rings is 1. The van der Waals surface area contributed by atoms with Crippen molar-refractivity contribution in [3.8, 4) is 5.88 Å². The molecular formula is C15H16F3N5O6S2. The van der Waals surface area contributed by atoms with Crippen LogP contribution < -0.4 is 19.5 Å². The molecule has 0 radical (unpaired) electrons. The van der Waals surface area contributed by atoms with Crippen LogP contribution in [0, 0.1) is 6.92 Å². The van der Waals surface area contributed by atoms with Crippen LogP contribution in [0.2, 0.25) is 0 Å². The van der Waals surface area contributed by atoms with E-state index in [4.69, 9.17) is 4.74 Å². The lowest BCUT2D eigenvalue weighted by molar-refractivity contribution is -0.141. The lowest BCUT2D eigenvalue weighted by Gasteiger charge is -2.12. The quantitative estimate of drug-likeness (QED) is 0.509. The van der Waals surface area contributed by atoms with Crippen LogP contribution in [0.1, 0.15) is 27.9 Å². The minimum absolute atomic E-state index is 0.0566. The van der Waals surface area contributed by atoms with Crippen LogP contribution in [-0.2, 0) is 21.1 Å². The Morgan fingerprint density at radius 3 is 2.52 bits per heavy atom. The number of urea groups is 1. The molecule has 11 nitrogen and oxygen atoms in total. The average Bonchev–Trinajstić information content (AvgIpc) is 3.00. The molecule has 3 N–H and O–H groups in total. The zero-order chi connectivity index (χ0) is 23.4. The van der Waals surface area contributed by atoms with E-state index in [9.17, 15) is 31.2 Å². The summed E-state index contributed by atoms with van der Waals surface area (Å²) in [6, 6.07) is -0.961. The van der Waals surface area contributed by atoms with Crippen LogP contribution in [0.5, 0.6) is 5.88 Å². The number of rotatable bonds is 7. The first kappa shape index (κ1) is 24.1. The van der Waals surface area contributed by atoms with Crippen LogP contribution in [-0.4, -0.2) is 44.1 Å². The summed E-state index contributed by atoms with van der Waals surface area (Å²) in [5.74, 6) is -2.14. The maximum Gasteiger partial charge on any atom is 0.433 e. The van der Waals surface area contributed by atoms with Crippen LogP contribution in [0.15, 0.2) is 11.4 Å². The summed E-state index contributed by atoms with van der Waals surface area (Å²) in [5.41, 5.74) is -1.59. The molecule has 0 fully saturated rings. The predicted octanol–water partition coefficient (Wildman–Crippen LogP) is 2.53. The average molecular weight is 483 g/mol. The highest BCUT2D eigenvalue weighted by Gasteiger charge is 2.34. The van der Waals surface area contributed by atoms with E-state index in [1.807, 2.05) is 4.72 Å². The van der Waals surface area contributed by atoms with Crippen LogP contribution in [0.25, 0.3) is 0 Å². The van der Waals surface area contributed by atoms with E-state index in [-0.39, 0.29) is 17.9 Å². The van der Waals surface area contributed by atoms with Crippen LogP contribution in [0.4, 0.5) is 29.6 Å². The lowest BCUT2D eigenvalue weighted by Crippen LogP contribution is -2.39. The summed E-state index contributed by atoms with van der Waals surface area (Å²) in [5, 5.41) is 3.15. The van der Waals surface area contributed by atoms with Crippen molar-refractivity contribution in [3.63, 3.8) is 0 Å². The van der Waals surface area contributed by atoms with Crippen LogP contribution in [0.3, 0.4) is 0 Å². The van der Waals surface area contributed by atoms with E-state index in [1.165, 1.54) is 17.0 Å². The highest BCUT2D eigenvalue weighted by Crippen LogP contribution is 2.30. The van der Waals surface area contributed by atoms with Gasteiger partial charge in [-0.3, -0.25) is 10.0 Å². The molecule has 2 aromatic heterocycles. The summed E-state index contributed by atoms with van der Waals surface area (Å²) < 4.78 is 76.1. The largest absolute Gasteiger partial charge is 0.481 e. The first-order chi connectivity index (χ1) is 14.4. The Morgan fingerprint density at radius 1 is 1.26 bits per heavy atom. The number of anilines is 2. The Hall–Kier alpha value is -3.14. The van der Waals surface area contributed by atoms with Gasteiger partial charge in [0, 0.05) is 16.3 Å². The smallest absolute Gasteiger partial charge is 0.433 e. The molecule has 16 heteroatoms. The molecule has 2 rings (SSSR count). The van der Waals surface area contributed by atoms with Crippen molar-refractivity contribution < 1.29 is 40.7 Å². The molecule has 2 aromatic rings. The maximum atomic E-state index is 12.9. The fraction of sp³-hybridized carbons (Fsp3) is 0.333. The molecule has 2 heterocycles. The second-order valence-electron chi connectivity index (χ2n) is 5.58. The molecule has 170 valence electrons. The second kappa shape index (κ2) is 9.34. The zero-order valence-corrected chi connectivity index (χ0v) is 17.8. The molecule has 0 aromatic carbocycles. The van der Waals surface area contributed by atoms with E-state index in [0.29, 0.717) is 10.9 Å². The monoisotopic (exact) mass is 483 g/mol. The van der Waals surface area contributed by atoms with Gasteiger partial charge in [-0.05, 0) is 13.8 Å². The minimum atomic E-state index is -4.86. The molecule has 0 saturated carbocycles. The standard InChI is InChI=1S/C15H16F3N5O6S2/c1-4-29-12(24)8-6-30-7(2)11(8)22-31(26,27)23-14(25)21-13-19-9(15(16,17)18)5-10(20-13)28-3/h5-6,22H,4H2,1-3H3,(H2,19,20,21,23,25). The van der Waals surface area contributed by atoms with Crippen molar-refractivity contribution in [1.29, 1.82) is 0 Å². The van der Waals surface area contributed by atoms with E-state index < -0.39 is 45.9 Å². The number of alkyl halides is 3. The Kier molecular flexibility index (Phi) is 7.27. The highest BCUT2D eigenvalue weighted by molar-refractivity contribution is 7.91. The number of hydrogen-bond acceptors (Lipinski definition) is 9. The Labute approximate surface area is 178 Å². The van der Waals surface area contributed by atoms with Crippen molar-refractivity contribution in [2.75, 3.05) is 23.8 Å². The number of methoxy groups -OCH3 is 1. The number of amides is 2. The first-order valence-electron chi connectivity index (χ1n) is 8.23. The van der Waals surface area contributed by atoms with Gasteiger partial charge in [-0.15, -0.1) is 11.3 Å². The number of carbonyl (C=O) groups is 2. The number of aromatic nitrogens is 2. The van der Waals surface area contributed by atoms with Gasteiger partial charge < -0.3 is 9.47 Å². The Morgan fingerprint density at radius 2 is 1.94 bits per heavy atom. The highest BCUT2D eigenvalue weighted by atomic mass is 32.2. The number of halogens is 3. The van der Waals surface area contributed by atoms with Gasteiger partial charge in [0.15, 0.2) is 5.69 Å². The Balaban J connectivity index is 2.18. The van der Waals surface area contributed by atoms with Gasteiger partial charge in [0.05, 0.1) is 25.0 Å². The van der Waals surface area contributed by atoms with Gasteiger partial charge >= 0.3 is 28.4 Å². The third kappa shape index (κ3) is 6.42. The first-order valence-corrected chi connectivity index (χ1v) is 10.6. The molecular weight excluding hydrogens is 467 g/mol. The number of nitrogens with one attached hydrogen (secondary N) is 3. The zero-order valence-electron chi connectivity index (χ0n) is 16.2. The normalized spacial score (nSPS) is 11.5. The molecule has 2 amide bonds. The summed E-state index contributed by atoms with van der Waals surface area (Å²) >= 11 is 1.06. The molecule has 0 aliphatic rings. The molecule has 0 aliphatic heterocycles. The number of ether oxygens (including phenoxy) is 2. The second-order valence-corrected chi connectivity index (χ2v) is 8.08. The van der Waals surface area contributed by atoms with Gasteiger partial charge in [0.1, 0.15) is 0 Å². The van der Waals surface area contributed by atoms with Crippen molar-refractivity contribution >= 4 is 45.2 Å². The third-order valence-electron chi connectivity index (χ3n) is 3.36. The minimum Gasteiger partial charge on any atom is -0.481 e. The molecule has 0 spiro atoms. The van der Waals surface area contributed by atoms with Gasteiger partial charge in [-0.25, -0.2) is 19.3 Å². The van der Waals surface area contributed by atoms with Gasteiger partial charge in [0.2, 0.25) is 11.8 Å². The molecule has 0 unspecified atom stereocenters. The van der Waals surface area contributed by atoms with E-state index in [0.717, 1.165) is 18.4 Å². The molecule has 31 heavy (non-hydrogen) atoms. The van der Waals surface area contributed by atoms with Crippen molar-refractivity contribution in [2.24, 2.45) is 0 Å². The maximum absolute atomic E-state index is 12.9. The van der Waals surface area contributed by atoms with E-state index in [2.05, 4.69) is 14.7 Å². The number of carbonyl (C=O) groups excluding carboxylic acids is 2. The summed E-state index contributed by atoms with van der Waals surface area (Å²) in [6.45, 7) is 3.15. The fourth-order valence-corrected chi connectivity index (χ4v) is 3.81. The van der Waals surface area contributed by atoms with Crippen molar-refractivity contribution in [1.82, 2.24) is 14.7 Å². The van der Waals surface area contributed by atoms with Gasteiger partial charge in [-0.1, -0.05) is 0 Å². The van der Waals surface area contributed by atoms with Crippen molar-refractivity contribution in [2.45, 2.75) is 20.0 Å². The van der Waals surface area contributed by atoms with Crippen LogP contribution >= 0.6 is 11.3 Å². The number of nitrogens with zero attached hydrogens (tertiary/aromatic N) is 2. The molecule has 0 bridgehead atoms. The summed E-state index contributed by atoms with van der Waals surface area (Å²) in [7, 11) is -3.55. The summed E-state index contributed by atoms with van der Waals surface area (Å²) in [4.78, 5) is 30.9. The van der Waals surface area contributed by atoms with Crippen molar-refractivity contribution in [3.05, 3.63) is 27.6 Å². The fourth-order valence-electron chi connectivity index (χ4n) is 2.08. The van der Waals surface area contributed by atoms with Gasteiger partial charge in [-0.2, -0.15) is 26.6 Å². The van der Waals surface area contributed by atoms with E-state index >= 15 is 0 Å². The molecule has 0 saturated heterocycles. The number of hydrogen-bond donors (Lipinski definition) is 3. The molecule has 0 aliphatic carbocycles. The summed E-state index contributed by atoms with van der Waals surface area (Å²) in [6.07, 6.45) is -4.86. The topological polar surface area (TPSA) is 149 Å². The number of aryl methyl sites for hydroxylation is 1. The Bertz CT molecular complexity index is 1090. The predicted molar refractivity (Wildman–Crippen MR) is 103 cm³/mol. The molecule has 0 atom stereocenters. The lowest BCUT2D eigenvalue weighted by atomic mass is 10.2. The van der Waals surface area contributed by atoms with E-state index in [1.54, 1.807) is 12.2 Å². The number of esters is 1. The SMILES string of the molecule is CCOC(=O)c1csc(C)c1NS(=O)(=O)NC(=O)Nc1nc(OC)cc(C(F)(F)F)n1. The van der Waals surface area contributed by atoms with Gasteiger partial charge in [0.25, 0.3) is 0 Å².